The van der Waals surface area contributed by atoms with Gasteiger partial charge in [0, 0.05) is 5.69 Å². The monoisotopic (exact) mass is 263 g/mol. The lowest BCUT2D eigenvalue weighted by atomic mass is 9.79. The number of hydrogen-bond donors (Lipinski definition) is 2. The minimum Gasteiger partial charge on any atom is -0.394 e. The number of anilines is 1. The third-order valence-electron chi connectivity index (χ3n) is 3.77. The molecule has 1 aromatic carbocycles. The molecule has 3 heteroatoms. The Hall–Kier alpha value is -1.35. The molecule has 2 nitrogen and oxygen atoms in total. The van der Waals surface area contributed by atoms with Gasteiger partial charge in [-0.25, -0.2) is 4.39 Å². The average molecular weight is 263 g/mol. The third kappa shape index (κ3) is 3.80. The number of rotatable bonds is 4. The van der Waals surface area contributed by atoms with Crippen LogP contribution in [-0.4, -0.2) is 17.8 Å². The van der Waals surface area contributed by atoms with Crippen molar-refractivity contribution >= 4 is 5.69 Å². The summed E-state index contributed by atoms with van der Waals surface area (Å²) in [6.07, 6.45) is 4.36. The van der Waals surface area contributed by atoms with E-state index in [2.05, 4.69) is 25.2 Å². The van der Waals surface area contributed by atoms with Crippen molar-refractivity contribution in [3.8, 4) is 0 Å². The van der Waals surface area contributed by atoms with Crippen molar-refractivity contribution in [2.75, 3.05) is 11.9 Å². The van der Waals surface area contributed by atoms with Crippen LogP contribution in [0.3, 0.4) is 0 Å². The SMILES string of the molecule is CC1=CC(C)CC(C(CO)Nc2cccc(F)c2)C1. The highest BCUT2D eigenvalue weighted by atomic mass is 19.1. The van der Waals surface area contributed by atoms with E-state index in [0.717, 1.165) is 18.5 Å². The summed E-state index contributed by atoms with van der Waals surface area (Å²) in [7, 11) is 0. The lowest BCUT2D eigenvalue weighted by Crippen LogP contribution is -2.35. The second-order valence-corrected chi connectivity index (χ2v) is 5.63. The molecular weight excluding hydrogens is 241 g/mol. The fourth-order valence-corrected chi connectivity index (χ4v) is 3.01. The van der Waals surface area contributed by atoms with Crippen LogP contribution in [0.25, 0.3) is 0 Å². The predicted octanol–water partition coefficient (Wildman–Crippen LogP) is 3.59. The van der Waals surface area contributed by atoms with E-state index in [4.69, 9.17) is 0 Å². The summed E-state index contributed by atoms with van der Waals surface area (Å²) >= 11 is 0. The van der Waals surface area contributed by atoms with Gasteiger partial charge in [-0.2, -0.15) is 0 Å². The van der Waals surface area contributed by atoms with E-state index in [1.807, 2.05) is 6.07 Å². The maximum Gasteiger partial charge on any atom is 0.125 e. The molecule has 1 aromatic rings. The van der Waals surface area contributed by atoms with Crippen molar-refractivity contribution < 1.29 is 9.50 Å². The zero-order valence-electron chi connectivity index (χ0n) is 11.6. The molecule has 3 unspecified atom stereocenters. The summed E-state index contributed by atoms with van der Waals surface area (Å²) in [5.41, 5.74) is 2.11. The van der Waals surface area contributed by atoms with Gasteiger partial charge in [0.15, 0.2) is 0 Å². The zero-order chi connectivity index (χ0) is 13.8. The summed E-state index contributed by atoms with van der Waals surface area (Å²) in [6, 6.07) is 6.39. The lowest BCUT2D eigenvalue weighted by Gasteiger charge is -2.32. The van der Waals surface area contributed by atoms with E-state index in [9.17, 15) is 9.50 Å². The molecule has 0 amide bonds. The highest BCUT2D eigenvalue weighted by Gasteiger charge is 2.25. The standard InChI is InChI=1S/C16H22FNO/c1-11-6-12(2)8-13(7-11)16(10-19)18-15-5-3-4-14(17)9-15/h3-6,9,11,13,16,18-19H,7-8,10H2,1-2H3. The van der Waals surface area contributed by atoms with Crippen LogP contribution in [0.2, 0.25) is 0 Å². The summed E-state index contributed by atoms with van der Waals surface area (Å²) in [4.78, 5) is 0. The fourth-order valence-electron chi connectivity index (χ4n) is 3.01. The molecule has 3 atom stereocenters. The number of nitrogens with one attached hydrogen (secondary N) is 1. The first-order chi connectivity index (χ1) is 9.08. The number of hydrogen-bond acceptors (Lipinski definition) is 2. The van der Waals surface area contributed by atoms with Crippen molar-refractivity contribution in [2.45, 2.75) is 32.7 Å². The van der Waals surface area contributed by atoms with Crippen LogP contribution < -0.4 is 5.32 Å². The molecule has 0 saturated carbocycles. The largest absolute Gasteiger partial charge is 0.394 e. The fraction of sp³-hybridized carbons (Fsp3) is 0.500. The van der Waals surface area contributed by atoms with E-state index in [1.165, 1.54) is 17.7 Å². The quantitative estimate of drug-likeness (QED) is 0.814. The Morgan fingerprint density at radius 2 is 2.26 bits per heavy atom. The van der Waals surface area contributed by atoms with Crippen molar-refractivity contribution in [2.24, 2.45) is 11.8 Å². The normalized spacial score (nSPS) is 24.7. The minimum absolute atomic E-state index is 0.0205. The molecule has 1 aliphatic carbocycles. The average Bonchev–Trinajstić information content (AvgIpc) is 2.34. The summed E-state index contributed by atoms with van der Waals surface area (Å²) in [5.74, 6) is 0.685. The highest BCUT2D eigenvalue weighted by molar-refractivity contribution is 5.44. The minimum atomic E-state index is -0.255. The van der Waals surface area contributed by atoms with Crippen LogP contribution in [0.4, 0.5) is 10.1 Å². The Balaban J connectivity index is 2.06. The van der Waals surface area contributed by atoms with Gasteiger partial charge in [0.2, 0.25) is 0 Å². The van der Waals surface area contributed by atoms with E-state index in [1.54, 1.807) is 6.07 Å². The van der Waals surface area contributed by atoms with Gasteiger partial charge in [-0.1, -0.05) is 24.6 Å². The molecular formula is C16H22FNO. The molecule has 1 aliphatic rings. The lowest BCUT2D eigenvalue weighted by molar-refractivity contribution is 0.220. The van der Waals surface area contributed by atoms with Crippen LogP contribution in [0.5, 0.6) is 0 Å². The van der Waals surface area contributed by atoms with Gasteiger partial charge in [-0.3, -0.25) is 0 Å². The van der Waals surface area contributed by atoms with Crippen molar-refractivity contribution in [1.29, 1.82) is 0 Å². The molecule has 0 heterocycles. The second-order valence-electron chi connectivity index (χ2n) is 5.63. The maximum atomic E-state index is 13.2. The van der Waals surface area contributed by atoms with E-state index >= 15 is 0 Å². The Morgan fingerprint density at radius 1 is 1.47 bits per heavy atom. The number of halogens is 1. The number of aliphatic hydroxyl groups is 1. The molecule has 0 aliphatic heterocycles. The molecule has 0 saturated heterocycles. The van der Waals surface area contributed by atoms with E-state index < -0.39 is 0 Å². The molecule has 19 heavy (non-hydrogen) atoms. The number of aliphatic hydroxyl groups excluding tert-OH is 1. The maximum absolute atomic E-state index is 13.2. The van der Waals surface area contributed by atoms with Crippen molar-refractivity contribution in [3.05, 3.63) is 41.7 Å². The molecule has 0 spiro atoms. The van der Waals surface area contributed by atoms with Crippen LogP contribution >= 0.6 is 0 Å². The molecule has 0 bridgehead atoms. The van der Waals surface area contributed by atoms with Gasteiger partial charge < -0.3 is 10.4 Å². The van der Waals surface area contributed by atoms with Crippen LogP contribution in [0.15, 0.2) is 35.9 Å². The van der Waals surface area contributed by atoms with Gasteiger partial charge in [0.1, 0.15) is 5.82 Å². The molecule has 0 radical (unpaired) electrons. The highest BCUT2D eigenvalue weighted by Crippen LogP contribution is 2.31. The Bertz CT molecular complexity index is 458. The number of benzene rings is 1. The topological polar surface area (TPSA) is 32.3 Å². The second kappa shape index (κ2) is 6.20. The molecule has 2 N–H and O–H groups in total. The van der Waals surface area contributed by atoms with Gasteiger partial charge >= 0.3 is 0 Å². The molecule has 0 fully saturated rings. The van der Waals surface area contributed by atoms with Crippen molar-refractivity contribution in [3.63, 3.8) is 0 Å². The first-order valence-corrected chi connectivity index (χ1v) is 6.88. The molecule has 104 valence electrons. The first-order valence-electron chi connectivity index (χ1n) is 6.88. The van der Waals surface area contributed by atoms with Crippen LogP contribution in [-0.2, 0) is 0 Å². The van der Waals surface area contributed by atoms with Gasteiger partial charge in [-0.05, 0) is 49.8 Å². The predicted molar refractivity (Wildman–Crippen MR) is 76.5 cm³/mol. The smallest absolute Gasteiger partial charge is 0.125 e. The summed E-state index contributed by atoms with van der Waals surface area (Å²) in [5, 5.41) is 12.9. The van der Waals surface area contributed by atoms with Gasteiger partial charge in [-0.15, -0.1) is 0 Å². The third-order valence-corrected chi connectivity index (χ3v) is 3.77. The van der Waals surface area contributed by atoms with Gasteiger partial charge in [0.05, 0.1) is 12.6 Å². The molecule has 2 rings (SSSR count). The van der Waals surface area contributed by atoms with Crippen LogP contribution in [0.1, 0.15) is 26.7 Å². The molecule has 0 aromatic heterocycles. The Labute approximate surface area is 114 Å². The Morgan fingerprint density at radius 3 is 2.89 bits per heavy atom. The van der Waals surface area contributed by atoms with E-state index in [-0.39, 0.29) is 18.5 Å². The first kappa shape index (κ1) is 14.1. The summed E-state index contributed by atoms with van der Waals surface area (Å²) in [6.45, 7) is 4.41. The van der Waals surface area contributed by atoms with Crippen LogP contribution in [0, 0.1) is 17.7 Å². The van der Waals surface area contributed by atoms with Crippen molar-refractivity contribution in [1.82, 2.24) is 0 Å². The Kier molecular flexibility index (Phi) is 4.59. The zero-order valence-corrected chi connectivity index (χ0v) is 11.6. The van der Waals surface area contributed by atoms with Gasteiger partial charge in [0.25, 0.3) is 0 Å². The van der Waals surface area contributed by atoms with E-state index in [0.29, 0.717) is 11.8 Å². The summed E-state index contributed by atoms with van der Waals surface area (Å²) < 4.78 is 13.2. The number of allylic oxidation sites excluding steroid dienone is 2.